The molecule has 0 aliphatic carbocycles. The maximum atomic E-state index is 12.7. The average Bonchev–Trinajstić information content (AvgIpc) is 2.53. The minimum atomic E-state index is -0.501. The second-order valence-corrected chi connectivity index (χ2v) is 5.32. The molecule has 7 heteroatoms. The normalized spacial score (nSPS) is 12.7. The van der Waals surface area contributed by atoms with Crippen molar-refractivity contribution in [1.82, 2.24) is 10.6 Å². The molecule has 0 heterocycles. The van der Waals surface area contributed by atoms with Gasteiger partial charge in [-0.25, -0.2) is 4.39 Å². The van der Waals surface area contributed by atoms with E-state index in [1.165, 1.54) is 24.3 Å². The monoisotopic (exact) mass is 345 g/mol. The zero-order valence-electron chi connectivity index (χ0n) is 13.5. The van der Waals surface area contributed by atoms with Crippen molar-refractivity contribution < 1.29 is 14.0 Å². The Morgan fingerprint density at radius 2 is 1.74 bits per heavy atom. The van der Waals surface area contributed by atoms with Crippen LogP contribution in [0.3, 0.4) is 0 Å². The van der Waals surface area contributed by atoms with Crippen molar-refractivity contribution in [2.45, 2.75) is 32.7 Å². The van der Waals surface area contributed by atoms with Crippen molar-refractivity contribution in [3.05, 3.63) is 35.6 Å². The molecule has 1 rings (SSSR count). The Bertz CT molecular complexity index is 497. The molecule has 0 radical (unpaired) electrons. The van der Waals surface area contributed by atoms with Crippen molar-refractivity contribution >= 4 is 24.2 Å². The number of nitrogens with one attached hydrogen (secondary N) is 2. The van der Waals surface area contributed by atoms with Gasteiger partial charge in [0.1, 0.15) is 5.82 Å². The van der Waals surface area contributed by atoms with E-state index in [1.807, 2.05) is 13.8 Å². The van der Waals surface area contributed by atoms with Gasteiger partial charge in [0, 0.05) is 18.7 Å². The molecule has 23 heavy (non-hydrogen) atoms. The quantitative estimate of drug-likeness (QED) is 0.629. The number of hydrogen-bond donors (Lipinski definition) is 3. The highest BCUT2D eigenvalue weighted by molar-refractivity contribution is 5.94. The van der Waals surface area contributed by atoms with E-state index in [2.05, 4.69) is 10.6 Å². The number of nitrogens with two attached hydrogens (primary N) is 1. The molecule has 0 saturated heterocycles. The molecule has 0 saturated carbocycles. The number of halogens is 2. The van der Waals surface area contributed by atoms with Crippen LogP contribution in [-0.4, -0.2) is 30.9 Å². The molecule has 0 spiro atoms. The minimum Gasteiger partial charge on any atom is -0.355 e. The van der Waals surface area contributed by atoms with E-state index in [1.54, 1.807) is 0 Å². The Labute approximate surface area is 142 Å². The van der Waals surface area contributed by atoms with Gasteiger partial charge in [-0.15, -0.1) is 12.4 Å². The first-order valence-corrected chi connectivity index (χ1v) is 7.52. The van der Waals surface area contributed by atoms with Crippen LogP contribution in [0.2, 0.25) is 0 Å². The smallest absolute Gasteiger partial charge is 0.251 e. The maximum absolute atomic E-state index is 12.7. The lowest BCUT2D eigenvalue weighted by molar-refractivity contribution is -0.123. The lowest BCUT2D eigenvalue weighted by Crippen LogP contribution is -2.45. The summed E-state index contributed by atoms with van der Waals surface area (Å²) >= 11 is 0. The number of hydrogen-bond acceptors (Lipinski definition) is 3. The molecule has 1 aromatic carbocycles. The molecule has 0 aromatic heterocycles. The van der Waals surface area contributed by atoms with Gasteiger partial charge in [-0.2, -0.15) is 0 Å². The molecule has 2 unspecified atom stereocenters. The molecule has 0 fully saturated rings. The highest BCUT2D eigenvalue weighted by Gasteiger charge is 2.18. The van der Waals surface area contributed by atoms with Crippen molar-refractivity contribution in [3.63, 3.8) is 0 Å². The first-order valence-electron chi connectivity index (χ1n) is 7.52. The summed E-state index contributed by atoms with van der Waals surface area (Å²) in [5.41, 5.74) is 6.22. The standard InChI is InChI=1S/C16H24FN3O2.ClH/c1-3-11(2)14(18)16(22)20-10-4-9-19-15(21)12-5-7-13(17)8-6-12;/h5-8,11,14H,3-4,9-10,18H2,1-2H3,(H,19,21)(H,20,22);1H. The van der Waals surface area contributed by atoms with Gasteiger partial charge in [-0.3, -0.25) is 9.59 Å². The summed E-state index contributed by atoms with van der Waals surface area (Å²) in [7, 11) is 0. The predicted molar refractivity (Wildman–Crippen MR) is 91.0 cm³/mol. The van der Waals surface area contributed by atoms with E-state index >= 15 is 0 Å². The van der Waals surface area contributed by atoms with Crippen molar-refractivity contribution in [1.29, 1.82) is 0 Å². The van der Waals surface area contributed by atoms with Gasteiger partial charge in [0.15, 0.2) is 0 Å². The fourth-order valence-corrected chi connectivity index (χ4v) is 1.84. The Hall–Kier alpha value is -1.66. The van der Waals surface area contributed by atoms with Crippen molar-refractivity contribution in [2.75, 3.05) is 13.1 Å². The first kappa shape index (κ1) is 21.3. The molecule has 130 valence electrons. The van der Waals surface area contributed by atoms with Crippen LogP contribution in [0.4, 0.5) is 4.39 Å². The van der Waals surface area contributed by atoms with Gasteiger partial charge in [0.25, 0.3) is 5.91 Å². The first-order chi connectivity index (χ1) is 10.5. The van der Waals surface area contributed by atoms with Crippen LogP contribution in [0.25, 0.3) is 0 Å². The molecular weight excluding hydrogens is 321 g/mol. The van der Waals surface area contributed by atoms with Gasteiger partial charge >= 0.3 is 0 Å². The van der Waals surface area contributed by atoms with E-state index in [-0.39, 0.29) is 36.0 Å². The molecule has 5 nitrogen and oxygen atoms in total. The second-order valence-electron chi connectivity index (χ2n) is 5.32. The summed E-state index contributed by atoms with van der Waals surface area (Å²) in [5.74, 6) is -0.670. The average molecular weight is 346 g/mol. The molecule has 0 bridgehead atoms. The van der Waals surface area contributed by atoms with Crippen LogP contribution < -0.4 is 16.4 Å². The number of carbonyl (C=O) groups is 2. The largest absolute Gasteiger partial charge is 0.355 e. The summed E-state index contributed by atoms with van der Waals surface area (Å²) in [6, 6.07) is 4.84. The number of benzene rings is 1. The highest BCUT2D eigenvalue weighted by atomic mass is 35.5. The van der Waals surface area contributed by atoms with Crippen LogP contribution in [0, 0.1) is 11.7 Å². The van der Waals surface area contributed by atoms with Crippen LogP contribution in [0.1, 0.15) is 37.0 Å². The van der Waals surface area contributed by atoms with E-state index in [0.717, 1.165) is 6.42 Å². The fourth-order valence-electron chi connectivity index (χ4n) is 1.84. The topological polar surface area (TPSA) is 84.2 Å². The fraction of sp³-hybridized carbons (Fsp3) is 0.500. The lowest BCUT2D eigenvalue weighted by atomic mass is 9.99. The van der Waals surface area contributed by atoms with Gasteiger partial charge < -0.3 is 16.4 Å². The maximum Gasteiger partial charge on any atom is 0.251 e. The van der Waals surface area contributed by atoms with Crippen molar-refractivity contribution in [3.8, 4) is 0 Å². The van der Waals surface area contributed by atoms with E-state index in [4.69, 9.17) is 5.73 Å². The van der Waals surface area contributed by atoms with Crippen LogP contribution in [0.5, 0.6) is 0 Å². The summed E-state index contributed by atoms with van der Waals surface area (Å²) in [6.07, 6.45) is 1.45. The molecule has 2 atom stereocenters. The third kappa shape index (κ3) is 7.43. The molecular formula is C16H25ClFN3O2. The van der Waals surface area contributed by atoms with Gasteiger partial charge in [-0.1, -0.05) is 20.3 Å². The zero-order chi connectivity index (χ0) is 16.5. The minimum absolute atomic E-state index is 0. The third-order valence-electron chi connectivity index (χ3n) is 3.60. The van der Waals surface area contributed by atoms with Gasteiger partial charge in [0.05, 0.1) is 6.04 Å². The second kappa shape index (κ2) is 11.0. The van der Waals surface area contributed by atoms with Gasteiger partial charge in [-0.05, 0) is 36.6 Å². The van der Waals surface area contributed by atoms with Crippen LogP contribution in [-0.2, 0) is 4.79 Å². The highest BCUT2D eigenvalue weighted by Crippen LogP contribution is 2.05. The van der Waals surface area contributed by atoms with Crippen LogP contribution >= 0.6 is 12.4 Å². The van der Waals surface area contributed by atoms with E-state index in [9.17, 15) is 14.0 Å². The number of rotatable bonds is 8. The van der Waals surface area contributed by atoms with E-state index < -0.39 is 6.04 Å². The molecule has 2 amide bonds. The van der Waals surface area contributed by atoms with E-state index in [0.29, 0.717) is 25.1 Å². The Morgan fingerprint density at radius 3 is 2.30 bits per heavy atom. The summed E-state index contributed by atoms with van der Waals surface area (Å²) < 4.78 is 12.7. The third-order valence-corrected chi connectivity index (χ3v) is 3.60. The molecule has 0 aliphatic rings. The number of amides is 2. The zero-order valence-corrected chi connectivity index (χ0v) is 14.3. The molecule has 4 N–H and O–H groups in total. The lowest BCUT2D eigenvalue weighted by Gasteiger charge is -2.17. The Morgan fingerprint density at radius 1 is 1.17 bits per heavy atom. The molecule has 0 aliphatic heterocycles. The summed E-state index contributed by atoms with van der Waals surface area (Å²) in [4.78, 5) is 23.5. The van der Waals surface area contributed by atoms with Gasteiger partial charge in [0.2, 0.25) is 5.91 Å². The number of carbonyl (C=O) groups excluding carboxylic acids is 2. The SMILES string of the molecule is CCC(C)C(N)C(=O)NCCCNC(=O)c1ccc(F)cc1.Cl. The summed E-state index contributed by atoms with van der Waals surface area (Å²) in [5, 5.41) is 5.47. The molecule has 1 aromatic rings. The van der Waals surface area contributed by atoms with Crippen LogP contribution in [0.15, 0.2) is 24.3 Å². The summed E-state index contributed by atoms with van der Waals surface area (Å²) in [6.45, 7) is 4.80. The predicted octanol–water partition coefficient (Wildman–Crippen LogP) is 1.86. The Kier molecular flexibility index (Phi) is 10.2. The van der Waals surface area contributed by atoms with Crippen molar-refractivity contribution in [2.24, 2.45) is 11.7 Å². The Balaban J connectivity index is 0.00000484.